The largest absolute Gasteiger partial charge is 0.366 e. The number of nitrogens with zero attached hydrogens (tertiary/aromatic N) is 1. The van der Waals surface area contributed by atoms with Gasteiger partial charge in [0.25, 0.3) is 0 Å². The van der Waals surface area contributed by atoms with Gasteiger partial charge < -0.3 is 10.2 Å². The molecule has 0 saturated carbocycles. The van der Waals surface area contributed by atoms with E-state index in [-0.39, 0.29) is 11.8 Å². The van der Waals surface area contributed by atoms with Gasteiger partial charge in [0.15, 0.2) is 0 Å². The van der Waals surface area contributed by atoms with Crippen LogP contribution in [0.15, 0.2) is 5.70 Å². The molecular weight excluding hydrogens is 192 g/mol. The van der Waals surface area contributed by atoms with Crippen LogP contribution in [-0.4, -0.2) is 36.4 Å². The van der Waals surface area contributed by atoms with Gasteiger partial charge in [0.05, 0.1) is 5.92 Å². The normalized spacial score (nSPS) is 21.1. The number of rotatable bonds is 3. The molecule has 1 heterocycles. The van der Waals surface area contributed by atoms with Crippen LogP contribution in [-0.2, 0) is 9.59 Å². The van der Waals surface area contributed by atoms with Crippen LogP contribution >= 0.6 is 0 Å². The van der Waals surface area contributed by atoms with Crippen molar-refractivity contribution in [3.05, 3.63) is 5.70 Å². The zero-order valence-electron chi connectivity index (χ0n) is 9.38. The van der Waals surface area contributed by atoms with E-state index < -0.39 is 0 Å². The highest BCUT2D eigenvalue weighted by Gasteiger charge is 2.30. The average molecular weight is 210 g/mol. The van der Waals surface area contributed by atoms with Crippen LogP contribution in [0.4, 0.5) is 0 Å². The summed E-state index contributed by atoms with van der Waals surface area (Å²) in [5.74, 6) is 1.58. The molecule has 0 spiro atoms. The molecule has 1 rings (SSSR count). The van der Waals surface area contributed by atoms with Crippen LogP contribution in [0, 0.1) is 5.92 Å². The molecule has 1 atom stereocenters. The highest BCUT2D eigenvalue weighted by molar-refractivity contribution is 5.84. The summed E-state index contributed by atoms with van der Waals surface area (Å²) < 4.78 is 0. The Morgan fingerprint density at radius 1 is 1.60 bits per heavy atom. The summed E-state index contributed by atoms with van der Waals surface area (Å²) in [6.45, 7) is 6.09. The lowest BCUT2D eigenvalue weighted by molar-refractivity contribution is -0.125. The second-order valence-electron chi connectivity index (χ2n) is 3.66. The van der Waals surface area contributed by atoms with Crippen molar-refractivity contribution in [3.8, 4) is 0 Å². The number of amides is 1. The van der Waals surface area contributed by atoms with Crippen LogP contribution in [0.2, 0.25) is 0 Å². The molecule has 0 aromatic carbocycles. The lowest BCUT2D eigenvalue weighted by atomic mass is 9.93. The number of nitrogens with one attached hydrogen (secondary N) is 1. The van der Waals surface area contributed by atoms with Crippen LogP contribution in [0.5, 0.6) is 0 Å². The maximum absolute atomic E-state index is 11.7. The third kappa shape index (κ3) is 2.60. The molecule has 1 unspecified atom stereocenters. The summed E-state index contributed by atoms with van der Waals surface area (Å²) in [6, 6.07) is 0. The predicted molar refractivity (Wildman–Crippen MR) is 57.9 cm³/mol. The molecule has 0 bridgehead atoms. The smallest absolute Gasteiger partial charge is 0.229 e. The highest BCUT2D eigenvalue weighted by atomic mass is 16.2. The second-order valence-corrected chi connectivity index (χ2v) is 3.66. The summed E-state index contributed by atoms with van der Waals surface area (Å²) in [7, 11) is 0. The third-order valence-electron chi connectivity index (χ3n) is 2.75. The zero-order valence-corrected chi connectivity index (χ0v) is 9.38. The number of hydrogen-bond acceptors (Lipinski definition) is 3. The summed E-state index contributed by atoms with van der Waals surface area (Å²) >= 11 is 0. The van der Waals surface area contributed by atoms with E-state index in [2.05, 4.69) is 5.32 Å². The van der Waals surface area contributed by atoms with E-state index in [0.29, 0.717) is 12.2 Å². The van der Waals surface area contributed by atoms with E-state index in [1.54, 1.807) is 0 Å². The van der Waals surface area contributed by atoms with Crippen molar-refractivity contribution < 1.29 is 9.59 Å². The van der Waals surface area contributed by atoms with Gasteiger partial charge in [-0.15, -0.1) is 0 Å². The monoisotopic (exact) mass is 210 g/mol. The summed E-state index contributed by atoms with van der Waals surface area (Å²) in [5.41, 5.74) is 0.523. The number of carbonyl (C=O) groups is 1. The molecule has 1 N–H and O–H groups in total. The van der Waals surface area contributed by atoms with Crippen LogP contribution in [0.1, 0.15) is 26.7 Å². The maximum Gasteiger partial charge on any atom is 0.229 e. The molecule has 4 heteroatoms. The van der Waals surface area contributed by atoms with Crippen molar-refractivity contribution in [1.82, 2.24) is 10.2 Å². The fourth-order valence-corrected chi connectivity index (χ4v) is 1.98. The lowest BCUT2D eigenvalue weighted by Gasteiger charge is -2.33. The Morgan fingerprint density at radius 3 is 2.87 bits per heavy atom. The minimum Gasteiger partial charge on any atom is -0.366 e. The van der Waals surface area contributed by atoms with Gasteiger partial charge in [0.1, 0.15) is 11.6 Å². The molecule has 0 aliphatic carbocycles. The van der Waals surface area contributed by atoms with Gasteiger partial charge in [0.2, 0.25) is 5.91 Å². The molecule has 1 amide bonds. The molecule has 0 aromatic rings. The SMILES string of the molecule is CCNC(=O)C1CCCN(CC)C1=C=O. The van der Waals surface area contributed by atoms with E-state index in [9.17, 15) is 9.59 Å². The molecule has 4 nitrogen and oxygen atoms in total. The first kappa shape index (κ1) is 11.8. The topological polar surface area (TPSA) is 49.4 Å². The van der Waals surface area contributed by atoms with Gasteiger partial charge in [-0.3, -0.25) is 4.79 Å². The van der Waals surface area contributed by atoms with E-state index in [1.807, 2.05) is 24.7 Å². The Morgan fingerprint density at radius 2 is 2.33 bits per heavy atom. The number of piperidine rings is 1. The minimum atomic E-state index is -0.295. The van der Waals surface area contributed by atoms with Crippen molar-refractivity contribution in [2.75, 3.05) is 19.6 Å². The summed E-state index contributed by atoms with van der Waals surface area (Å²) in [5, 5.41) is 2.76. The van der Waals surface area contributed by atoms with Gasteiger partial charge in [-0.25, -0.2) is 4.79 Å². The fraction of sp³-hybridized carbons (Fsp3) is 0.727. The molecule has 0 radical (unpaired) electrons. The lowest BCUT2D eigenvalue weighted by Crippen LogP contribution is -2.41. The fourth-order valence-electron chi connectivity index (χ4n) is 1.98. The van der Waals surface area contributed by atoms with Crippen molar-refractivity contribution in [3.63, 3.8) is 0 Å². The Bertz CT molecular complexity index is 282. The first-order chi connectivity index (χ1) is 7.24. The van der Waals surface area contributed by atoms with Gasteiger partial charge >= 0.3 is 0 Å². The summed E-state index contributed by atoms with van der Waals surface area (Å²) in [4.78, 5) is 24.5. The van der Waals surface area contributed by atoms with Gasteiger partial charge in [-0.05, 0) is 26.7 Å². The Hall–Kier alpha value is -1.28. The number of carbonyl (C=O) groups excluding carboxylic acids is 2. The number of likely N-dealkylation sites (tertiary alicyclic amines) is 1. The first-order valence-corrected chi connectivity index (χ1v) is 5.52. The highest BCUT2D eigenvalue weighted by Crippen LogP contribution is 2.24. The van der Waals surface area contributed by atoms with Crippen molar-refractivity contribution in [1.29, 1.82) is 0 Å². The van der Waals surface area contributed by atoms with Gasteiger partial charge in [0, 0.05) is 19.6 Å². The molecule has 1 fully saturated rings. The van der Waals surface area contributed by atoms with Gasteiger partial charge in [-0.2, -0.15) is 0 Å². The second kappa shape index (κ2) is 5.56. The Balaban J connectivity index is 2.78. The van der Waals surface area contributed by atoms with E-state index >= 15 is 0 Å². The molecule has 0 aromatic heterocycles. The molecular formula is C11H18N2O2. The van der Waals surface area contributed by atoms with Crippen LogP contribution < -0.4 is 5.32 Å². The third-order valence-corrected chi connectivity index (χ3v) is 2.75. The molecule has 1 aliphatic rings. The minimum absolute atomic E-state index is 0.0472. The standard InChI is InChI=1S/C11H18N2O2/c1-3-12-11(15)9-6-5-7-13(4-2)10(9)8-14/h9H,3-7H2,1-2H3,(H,12,15). The Labute approximate surface area is 90.3 Å². The van der Waals surface area contributed by atoms with E-state index in [1.165, 1.54) is 0 Å². The maximum atomic E-state index is 11.7. The molecule has 1 aliphatic heterocycles. The van der Waals surface area contributed by atoms with Crippen LogP contribution in [0.3, 0.4) is 0 Å². The summed E-state index contributed by atoms with van der Waals surface area (Å²) in [6.07, 6.45) is 1.72. The molecule has 1 saturated heterocycles. The average Bonchev–Trinajstić information content (AvgIpc) is 2.28. The Kier molecular flexibility index (Phi) is 4.37. The first-order valence-electron chi connectivity index (χ1n) is 5.52. The van der Waals surface area contributed by atoms with Gasteiger partial charge in [-0.1, -0.05) is 0 Å². The zero-order chi connectivity index (χ0) is 11.3. The van der Waals surface area contributed by atoms with Crippen LogP contribution in [0.25, 0.3) is 0 Å². The van der Waals surface area contributed by atoms with Crippen molar-refractivity contribution in [2.24, 2.45) is 5.92 Å². The van der Waals surface area contributed by atoms with E-state index in [4.69, 9.17) is 0 Å². The number of hydrogen-bond donors (Lipinski definition) is 1. The van der Waals surface area contributed by atoms with Crippen molar-refractivity contribution in [2.45, 2.75) is 26.7 Å². The quantitative estimate of drug-likeness (QED) is 0.693. The predicted octanol–water partition coefficient (Wildman–Crippen LogP) is 0.570. The van der Waals surface area contributed by atoms with E-state index in [0.717, 1.165) is 25.9 Å². The molecule has 84 valence electrons. The van der Waals surface area contributed by atoms with Crippen molar-refractivity contribution >= 4 is 11.8 Å². The molecule has 15 heavy (non-hydrogen) atoms.